The van der Waals surface area contributed by atoms with Gasteiger partial charge in [0, 0.05) is 16.2 Å². The van der Waals surface area contributed by atoms with Crippen LogP contribution in [0.4, 0.5) is 0 Å². The second kappa shape index (κ2) is 6.93. The van der Waals surface area contributed by atoms with Crippen molar-refractivity contribution in [3.8, 4) is 11.1 Å². The first-order valence-corrected chi connectivity index (χ1v) is 13.7. The molecule has 5 atom stereocenters. The number of allylic oxidation sites excluding steroid dienone is 2. The molecule has 9 rings (SSSR count). The van der Waals surface area contributed by atoms with Crippen molar-refractivity contribution in [3.05, 3.63) is 132 Å². The van der Waals surface area contributed by atoms with Gasteiger partial charge in [-0.3, -0.25) is 5.32 Å². The molecular weight excluding hydrogens is 462 g/mol. The first-order chi connectivity index (χ1) is 18.6. The zero-order chi connectivity index (χ0) is 25.2. The number of nitrogens with zero attached hydrogens (tertiary/aromatic N) is 2. The SMILES string of the molecule is CC1(C)c2ccccc2-c2ccc3c4ccccc4n(C4C(c5ccccc5)[N@@]4C45C=CC=CC4N5)c3c21. The van der Waals surface area contributed by atoms with E-state index in [1.54, 1.807) is 0 Å². The van der Waals surface area contributed by atoms with Crippen molar-refractivity contribution < 1.29 is 0 Å². The van der Waals surface area contributed by atoms with Gasteiger partial charge in [0.25, 0.3) is 0 Å². The Balaban J connectivity index is 1.36. The summed E-state index contributed by atoms with van der Waals surface area (Å²) in [4.78, 5) is 2.70. The Morgan fingerprint density at radius 3 is 2.39 bits per heavy atom. The Labute approximate surface area is 222 Å². The van der Waals surface area contributed by atoms with Crippen LogP contribution in [0.25, 0.3) is 32.9 Å². The fourth-order valence-corrected chi connectivity index (χ4v) is 7.79. The Morgan fingerprint density at radius 2 is 1.53 bits per heavy atom. The Kier molecular flexibility index (Phi) is 3.84. The number of aromatic nitrogens is 1. The van der Waals surface area contributed by atoms with E-state index in [2.05, 4.69) is 144 Å². The number of fused-ring (bicyclic) bond motifs is 8. The standard InChI is InChI=1S/C35H29N3/c1-34(2)27-16-8-6-14-23(27)25-19-20-26-24-15-7-9-17-28(24)37(32(26)30(25)34)33-31(22-12-4-3-5-13-22)38(33)35-21-11-10-18-29(35)36-35/h3-21,29,31,33,36H,1-2H3/t29?,31?,33?,35?,38-/m1/s1. The van der Waals surface area contributed by atoms with Gasteiger partial charge < -0.3 is 4.57 Å². The van der Waals surface area contributed by atoms with Gasteiger partial charge in [0.1, 0.15) is 11.8 Å². The third-order valence-electron chi connectivity index (χ3n) is 9.54. The molecule has 2 saturated heterocycles. The molecule has 1 aromatic heterocycles. The summed E-state index contributed by atoms with van der Waals surface area (Å²) in [6, 6.07) is 34.5. The second-order valence-corrected chi connectivity index (χ2v) is 11.8. The number of para-hydroxylation sites is 1. The second-order valence-electron chi connectivity index (χ2n) is 11.8. The lowest BCUT2D eigenvalue weighted by Crippen LogP contribution is -2.28. The van der Waals surface area contributed by atoms with Crippen molar-refractivity contribution in [2.24, 2.45) is 0 Å². The summed E-state index contributed by atoms with van der Waals surface area (Å²) in [5, 5.41) is 6.51. The van der Waals surface area contributed by atoms with Crippen LogP contribution in [-0.2, 0) is 5.41 Å². The molecule has 2 aliphatic carbocycles. The maximum atomic E-state index is 3.82. The number of hydrogen-bond donors (Lipinski definition) is 1. The minimum absolute atomic E-state index is 0.0777. The maximum Gasteiger partial charge on any atom is 0.113 e. The summed E-state index contributed by atoms with van der Waals surface area (Å²) in [5.74, 6) is 0. The Morgan fingerprint density at radius 1 is 0.737 bits per heavy atom. The topological polar surface area (TPSA) is 29.9 Å². The molecule has 3 heterocycles. The molecule has 0 radical (unpaired) electrons. The smallest absolute Gasteiger partial charge is 0.113 e. The zero-order valence-electron chi connectivity index (χ0n) is 21.6. The third-order valence-corrected chi connectivity index (χ3v) is 9.54. The Hall–Kier alpha value is -3.92. The van der Waals surface area contributed by atoms with Crippen molar-refractivity contribution in [2.45, 2.75) is 43.2 Å². The number of benzene rings is 4. The first-order valence-electron chi connectivity index (χ1n) is 13.7. The highest BCUT2D eigenvalue weighted by molar-refractivity contribution is 6.12. The highest BCUT2D eigenvalue weighted by atomic mass is 15.6. The molecular formula is C35H29N3. The molecule has 4 aromatic carbocycles. The van der Waals surface area contributed by atoms with Crippen LogP contribution in [0.2, 0.25) is 0 Å². The van der Waals surface area contributed by atoms with Gasteiger partial charge in [-0.2, -0.15) is 0 Å². The summed E-state index contributed by atoms with van der Waals surface area (Å²) < 4.78 is 2.69. The first kappa shape index (κ1) is 21.1. The van der Waals surface area contributed by atoms with E-state index in [-0.39, 0.29) is 17.2 Å². The molecule has 184 valence electrons. The maximum absolute atomic E-state index is 3.82. The van der Waals surface area contributed by atoms with Gasteiger partial charge in [-0.15, -0.1) is 0 Å². The summed E-state index contributed by atoms with van der Waals surface area (Å²) in [6.45, 7) is 4.81. The molecule has 3 nitrogen and oxygen atoms in total. The van der Waals surface area contributed by atoms with Crippen LogP contribution in [0.15, 0.2) is 115 Å². The fourth-order valence-electron chi connectivity index (χ4n) is 7.79. The van der Waals surface area contributed by atoms with Gasteiger partial charge in [-0.25, -0.2) is 4.90 Å². The number of hydrogen-bond acceptors (Lipinski definition) is 2. The fraction of sp³-hybridized carbons (Fsp3) is 0.200. The van der Waals surface area contributed by atoms with Crippen molar-refractivity contribution in [1.29, 1.82) is 0 Å². The summed E-state index contributed by atoms with van der Waals surface area (Å²) in [7, 11) is 0. The molecule has 0 amide bonds. The highest BCUT2D eigenvalue weighted by Gasteiger charge is 2.69. The van der Waals surface area contributed by atoms with E-state index in [4.69, 9.17) is 0 Å². The van der Waals surface area contributed by atoms with Gasteiger partial charge in [-0.1, -0.05) is 117 Å². The third kappa shape index (κ3) is 2.47. The van der Waals surface area contributed by atoms with Gasteiger partial charge in [-0.05, 0) is 40.0 Å². The van der Waals surface area contributed by atoms with Gasteiger partial charge in [0.15, 0.2) is 0 Å². The average Bonchev–Trinajstić information content (AvgIpc) is 3.84. The Bertz CT molecular complexity index is 1860. The molecule has 5 aromatic rings. The molecule has 4 aliphatic rings. The number of nitrogens with one attached hydrogen (secondary N) is 1. The van der Waals surface area contributed by atoms with Crippen LogP contribution in [0, 0.1) is 0 Å². The lowest BCUT2D eigenvalue weighted by molar-refractivity contribution is 0.353. The van der Waals surface area contributed by atoms with Gasteiger partial charge >= 0.3 is 0 Å². The molecule has 4 unspecified atom stereocenters. The van der Waals surface area contributed by atoms with Crippen LogP contribution in [0.1, 0.15) is 42.7 Å². The van der Waals surface area contributed by atoms with Crippen molar-refractivity contribution >= 4 is 21.8 Å². The molecule has 38 heavy (non-hydrogen) atoms. The summed E-state index contributed by atoms with van der Waals surface area (Å²) >= 11 is 0. The lowest BCUT2D eigenvalue weighted by atomic mass is 9.81. The molecule has 2 aliphatic heterocycles. The van der Waals surface area contributed by atoms with Crippen LogP contribution >= 0.6 is 0 Å². The minimum Gasteiger partial charge on any atom is -0.322 e. The van der Waals surface area contributed by atoms with E-state index in [9.17, 15) is 0 Å². The minimum atomic E-state index is -0.117. The van der Waals surface area contributed by atoms with E-state index in [0.29, 0.717) is 12.1 Å². The molecule has 0 spiro atoms. The summed E-state index contributed by atoms with van der Waals surface area (Å²) in [6.07, 6.45) is 9.27. The van der Waals surface area contributed by atoms with Crippen LogP contribution < -0.4 is 5.32 Å². The zero-order valence-corrected chi connectivity index (χ0v) is 21.6. The van der Waals surface area contributed by atoms with E-state index >= 15 is 0 Å². The van der Waals surface area contributed by atoms with E-state index in [1.165, 1.54) is 49.6 Å². The van der Waals surface area contributed by atoms with Crippen molar-refractivity contribution in [2.75, 3.05) is 0 Å². The monoisotopic (exact) mass is 491 g/mol. The van der Waals surface area contributed by atoms with Crippen molar-refractivity contribution in [3.63, 3.8) is 0 Å². The largest absolute Gasteiger partial charge is 0.322 e. The van der Waals surface area contributed by atoms with Crippen LogP contribution in [0.5, 0.6) is 0 Å². The average molecular weight is 492 g/mol. The predicted octanol–water partition coefficient (Wildman–Crippen LogP) is 7.45. The van der Waals surface area contributed by atoms with Crippen LogP contribution in [-0.4, -0.2) is 21.2 Å². The normalized spacial score (nSPS) is 29.3. The van der Waals surface area contributed by atoms with E-state index < -0.39 is 0 Å². The van der Waals surface area contributed by atoms with Crippen LogP contribution in [0.3, 0.4) is 0 Å². The lowest BCUT2D eigenvalue weighted by Gasteiger charge is -2.24. The quantitative estimate of drug-likeness (QED) is 0.266. The molecule has 0 bridgehead atoms. The van der Waals surface area contributed by atoms with Gasteiger partial charge in [0.2, 0.25) is 0 Å². The molecule has 1 N–H and O–H groups in total. The van der Waals surface area contributed by atoms with E-state index in [0.717, 1.165) is 0 Å². The molecule has 0 saturated carbocycles. The molecule has 3 heteroatoms. The predicted molar refractivity (Wildman–Crippen MR) is 155 cm³/mol. The van der Waals surface area contributed by atoms with E-state index in [1.807, 2.05) is 0 Å². The highest BCUT2D eigenvalue weighted by Crippen LogP contribution is 2.63. The van der Waals surface area contributed by atoms with Crippen molar-refractivity contribution in [1.82, 2.24) is 14.8 Å². The number of rotatable bonds is 3. The summed E-state index contributed by atoms with van der Waals surface area (Å²) in [5.41, 5.74) is 9.54. The molecule has 2 fully saturated rings. The van der Waals surface area contributed by atoms with Gasteiger partial charge in [0.05, 0.1) is 23.1 Å².